The first-order valence-electron chi connectivity index (χ1n) is 9.22. The highest BCUT2D eigenvalue weighted by molar-refractivity contribution is 7.12. The van der Waals surface area contributed by atoms with E-state index < -0.39 is 0 Å². The number of amides is 2. The van der Waals surface area contributed by atoms with Crippen molar-refractivity contribution in [1.29, 1.82) is 0 Å². The van der Waals surface area contributed by atoms with Gasteiger partial charge in [-0.25, -0.2) is 0 Å². The van der Waals surface area contributed by atoms with Crippen LogP contribution in [0.5, 0.6) is 11.5 Å². The van der Waals surface area contributed by atoms with Crippen molar-refractivity contribution in [2.24, 2.45) is 5.92 Å². The van der Waals surface area contributed by atoms with Crippen molar-refractivity contribution in [3.8, 4) is 11.5 Å². The Morgan fingerprint density at radius 1 is 1.00 bits per heavy atom. The fourth-order valence-corrected chi connectivity index (χ4v) is 4.59. The third kappa shape index (κ3) is 3.06. The van der Waals surface area contributed by atoms with Gasteiger partial charge >= 0.3 is 0 Å². The van der Waals surface area contributed by atoms with Crippen LogP contribution in [-0.4, -0.2) is 54.6 Å². The smallest absolute Gasteiger partial charge is 0.264 e. The highest BCUT2D eigenvalue weighted by atomic mass is 32.1. The number of carbonyl (C=O) groups is 2. The molecule has 2 amide bonds. The van der Waals surface area contributed by atoms with Gasteiger partial charge in [-0.05, 0) is 41.5 Å². The minimum absolute atomic E-state index is 0.0462. The second kappa shape index (κ2) is 6.56. The molecule has 7 heteroatoms. The van der Waals surface area contributed by atoms with Crippen molar-refractivity contribution in [1.82, 2.24) is 9.80 Å². The van der Waals surface area contributed by atoms with Crippen LogP contribution in [0.4, 0.5) is 0 Å². The van der Waals surface area contributed by atoms with Gasteiger partial charge in [0, 0.05) is 32.1 Å². The summed E-state index contributed by atoms with van der Waals surface area (Å²) in [5.41, 5.74) is 1.14. The average Bonchev–Trinajstić information content (AvgIpc) is 3.09. The Bertz CT molecular complexity index is 874. The number of benzene rings is 1. The van der Waals surface area contributed by atoms with Gasteiger partial charge in [-0.2, -0.15) is 0 Å². The molecule has 1 saturated carbocycles. The molecule has 5 rings (SSSR count). The Morgan fingerprint density at radius 3 is 2.56 bits per heavy atom. The fraction of sp³-hybridized carbons (Fsp3) is 0.400. The molecule has 2 atom stereocenters. The third-order valence-corrected chi connectivity index (χ3v) is 6.40. The molecule has 0 spiro atoms. The van der Waals surface area contributed by atoms with Gasteiger partial charge in [0.15, 0.2) is 11.5 Å². The molecule has 0 N–H and O–H groups in total. The monoisotopic (exact) mass is 384 g/mol. The van der Waals surface area contributed by atoms with E-state index in [0.29, 0.717) is 26.2 Å². The second-order valence-electron chi connectivity index (χ2n) is 7.16. The van der Waals surface area contributed by atoms with Crippen molar-refractivity contribution in [2.45, 2.75) is 12.3 Å². The van der Waals surface area contributed by atoms with Crippen LogP contribution in [0.2, 0.25) is 0 Å². The quantitative estimate of drug-likeness (QED) is 0.816. The Hall–Kier alpha value is -2.54. The molecule has 6 nitrogen and oxygen atoms in total. The maximum Gasteiger partial charge on any atom is 0.264 e. The number of ether oxygens (including phenoxy) is 2. The lowest BCUT2D eigenvalue weighted by Gasteiger charge is -2.34. The van der Waals surface area contributed by atoms with Crippen molar-refractivity contribution in [3.05, 3.63) is 46.2 Å². The van der Waals surface area contributed by atoms with Crippen molar-refractivity contribution < 1.29 is 19.1 Å². The summed E-state index contributed by atoms with van der Waals surface area (Å²) in [6.07, 6.45) is 0.882. The van der Waals surface area contributed by atoms with Gasteiger partial charge in [0.25, 0.3) is 5.91 Å². The fourth-order valence-electron chi connectivity index (χ4n) is 3.90. The topological polar surface area (TPSA) is 59.1 Å². The van der Waals surface area contributed by atoms with Crippen molar-refractivity contribution in [3.63, 3.8) is 0 Å². The highest BCUT2D eigenvalue weighted by Crippen LogP contribution is 2.50. The van der Waals surface area contributed by atoms with Crippen LogP contribution in [0.25, 0.3) is 0 Å². The van der Waals surface area contributed by atoms with Crippen LogP contribution >= 0.6 is 11.3 Å². The average molecular weight is 384 g/mol. The van der Waals surface area contributed by atoms with Crippen LogP contribution in [0.3, 0.4) is 0 Å². The summed E-state index contributed by atoms with van der Waals surface area (Å²) in [5, 5.41) is 1.91. The molecule has 1 aromatic heterocycles. The maximum atomic E-state index is 12.9. The van der Waals surface area contributed by atoms with E-state index in [-0.39, 0.29) is 30.4 Å². The van der Waals surface area contributed by atoms with E-state index in [9.17, 15) is 9.59 Å². The first-order chi connectivity index (χ1) is 13.2. The van der Waals surface area contributed by atoms with E-state index in [1.54, 1.807) is 0 Å². The van der Waals surface area contributed by atoms with E-state index >= 15 is 0 Å². The first kappa shape index (κ1) is 16.6. The molecule has 2 aromatic rings. The number of rotatable bonds is 3. The van der Waals surface area contributed by atoms with Gasteiger partial charge in [-0.1, -0.05) is 12.1 Å². The summed E-state index contributed by atoms with van der Waals surface area (Å²) in [6, 6.07) is 9.69. The van der Waals surface area contributed by atoms with E-state index in [1.807, 2.05) is 45.5 Å². The summed E-state index contributed by atoms with van der Waals surface area (Å²) >= 11 is 1.46. The lowest BCUT2D eigenvalue weighted by molar-refractivity contribution is -0.134. The third-order valence-electron chi connectivity index (χ3n) is 5.54. The zero-order chi connectivity index (χ0) is 18.4. The molecule has 3 heterocycles. The molecule has 140 valence electrons. The van der Waals surface area contributed by atoms with Gasteiger partial charge in [-0.15, -0.1) is 11.3 Å². The Kier molecular flexibility index (Phi) is 4.04. The van der Waals surface area contributed by atoms with Crippen LogP contribution in [0.1, 0.15) is 27.6 Å². The highest BCUT2D eigenvalue weighted by Gasteiger charge is 2.46. The normalized spacial score (nSPS) is 23.4. The zero-order valence-electron chi connectivity index (χ0n) is 14.8. The minimum atomic E-state index is 0.0462. The second-order valence-corrected chi connectivity index (χ2v) is 8.10. The molecule has 1 saturated heterocycles. The molecular formula is C20H20N2O4S. The summed E-state index contributed by atoms with van der Waals surface area (Å²) < 4.78 is 10.8. The Morgan fingerprint density at radius 2 is 1.78 bits per heavy atom. The first-order valence-corrected chi connectivity index (χ1v) is 10.1. The number of hydrogen-bond donors (Lipinski definition) is 0. The number of piperazine rings is 1. The summed E-state index contributed by atoms with van der Waals surface area (Å²) in [4.78, 5) is 29.8. The number of hydrogen-bond acceptors (Lipinski definition) is 5. The van der Waals surface area contributed by atoms with Crippen LogP contribution in [-0.2, 0) is 4.79 Å². The van der Waals surface area contributed by atoms with Crippen LogP contribution < -0.4 is 9.47 Å². The van der Waals surface area contributed by atoms with Gasteiger partial charge in [0.2, 0.25) is 12.7 Å². The number of fused-ring (bicyclic) bond motifs is 1. The lowest BCUT2D eigenvalue weighted by Crippen LogP contribution is -2.51. The molecule has 1 aromatic carbocycles. The summed E-state index contributed by atoms with van der Waals surface area (Å²) in [6.45, 7) is 2.69. The van der Waals surface area contributed by atoms with Crippen molar-refractivity contribution in [2.75, 3.05) is 33.0 Å². The molecule has 27 heavy (non-hydrogen) atoms. The SMILES string of the molecule is O=C(c1cccs1)N1CCN(C(=O)[C@@H]2C[C@H]2c2ccc3c(c2)OCO3)CC1. The molecule has 3 aliphatic rings. The van der Waals surface area contributed by atoms with Crippen LogP contribution in [0, 0.1) is 5.92 Å². The van der Waals surface area contributed by atoms with Gasteiger partial charge in [0.05, 0.1) is 4.88 Å². The van der Waals surface area contributed by atoms with E-state index in [2.05, 4.69) is 0 Å². The van der Waals surface area contributed by atoms with Crippen molar-refractivity contribution >= 4 is 23.2 Å². The lowest BCUT2D eigenvalue weighted by atomic mass is 10.1. The molecule has 1 aliphatic carbocycles. The molecular weight excluding hydrogens is 364 g/mol. The molecule has 0 unspecified atom stereocenters. The van der Waals surface area contributed by atoms with E-state index in [4.69, 9.17) is 9.47 Å². The number of nitrogens with zero attached hydrogens (tertiary/aromatic N) is 2. The van der Waals surface area contributed by atoms with E-state index in [0.717, 1.165) is 28.4 Å². The maximum absolute atomic E-state index is 12.9. The van der Waals surface area contributed by atoms with Gasteiger partial charge < -0.3 is 19.3 Å². The number of thiophene rings is 1. The summed E-state index contributed by atoms with van der Waals surface area (Å²) in [7, 11) is 0. The predicted octanol–water partition coefficient (Wildman–Crippen LogP) is 2.56. The van der Waals surface area contributed by atoms with Gasteiger partial charge in [-0.3, -0.25) is 9.59 Å². The largest absolute Gasteiger partial charge is 0.454 e. The summed E-state index contributed by atoms with van der Waals surface area (Å²) in [5.74, 6) is 2.13. The van der Waals surface area contributed by atoms with Crippen LogP contribution in [0.15, 0.2) is 35.7 Å². The number of carbonyl (C=O) groups excluding carboxylic acids is 2. The molecule has 0 bridgehead atoms. The molecule has 2 fully saturated rings. The predicted molar refractivity (Wildman–Crippen MR) is 100 cm³/mol. The molecule has 2 aliphatic heterocycles. The van der Waals surface area contributed by atoms with E-state index in [1.165, 1.54) is 11.3 Å². The van der Waals surface area contributed by atoms with Gasteiger partial charge in [0.1, 0.15) is 0 Å². The minimum Gasteiger partial charge on any atom is -0.454 e. The Labute approximate surface area is 161 Å². The standard InChI is InChI=1S/C20H20N2O4S/c23-19(15-11-14(15)13-3-4-16-17(10-13)26-12-25-16)21-5-7-22(8-6-21)20(24)18-2-1-9-27-18/h1-4,9-10,14-15H,5-8,11-12H2/t14-,15+/m0/s1. The Balaban J connectivity index is 1.18. The zero-order valence-corrected chi connectivity index (χ0v) is 15.6. The molecule has 0 radical (unpaired) electrons.